The molecule has 2 aromatic carbocycles. The molecule has 5 rings (SSSR count). The Morgan fingerprint density at radius 1 is 1.24 bits per heavy atom. The molecular formula is C33H34BrClN2O4S. The van der Waals surface area contributed by atoms with E-state index in [1.807, 2.05) is 48.5 Å². The normalized spacial score (nSPS) is 15.0. The molecular weight excluding hydrogens is 636 g/mol. The number of thiophene rings is 1. The molecule has 0 spiro atoms. The van der Waals surface area contributed by atoms with Crippen molar-refractivity contribution in [3.05, 3.63) is 97.2 Å². The lowest BCUT2D eigenvalue weighted by Gasteiger charge is -2.33. The van der Waals surface area contributed by atoms with Crippen LogP contribution in [0.15, 0.2) is 68.7 Å². The summed E-state index contributed by atoms with van der Waals surface area (Å²) < 4.78 is 17.9. The summed E-state index contributed by atoms with van der Waals surface area (Å²) >= 11 is 11.3. The molecule has 42 heavy (non-hydrogen) atoms. The van der Waals surface area contributed by atoms with Crippen LogP contribution in [0, 0.1) is 11.3 Å². The molecule has 220 valence electrons. The molecule has 1 aliphatic rings. The van der Waals surface area contributed by atoms with Crippen molar-refractivity contribution in [1.82, 2.24) is 5.32 Å². The zero-order valence-corrected chi connectivity index (χ0v) is 27.3. The summed E-state index contributed by atoms with van der Waals surface area (Å²) in [4.78, 5) is 19.6. The molecule has 0 radical (unpaired) electrons. The molecule has 0 saturated carbocycles. The summed E-state index contributed by atoms with van der Waals surface area (Å²) in [6.45, 7) is 7.57. The van der Waals surface area contributed by atoms with Gasteiger partial charge in [-0.05, 0) is 99.6 Å². The Morgan fingerprint density at radius 3 is 2.71 bits per heavy atom. The van der Waals surface area contributed by atoms with Gasteiger partial charge in [0.25, 0.3) is 5.91 Å². The number of carbonyl (C=O) groups excluding carboxylic acids is 1. The minimum Gasteiger partial charge on any atom is -0.493 e. The number of carbonyl (C=O) groups is 1. The van der Waals surface area contributed by atoms with Crippen LogP contribution in [0.5, 0.6) is 11.5 Å². The van der Waals surface area contributed by atoms with Gasteiger partial charge in [-0.3, -0.25) is 4.79 Å². The van der Waals surface area contributed by atoms with Crippen molar-refractivity contribution >= 4 is 56.0 Å². The van der Waals surface area contributed by atoms with Crippen LogP contribution in [0.25, 0.3) is 0 Å². The van der Waals surface area contributed by atoms with Crippen molar-refractivity contribution < 1.29 is 18.7 Å². The lowest BCUT2D eigenvalue weighted by Crippen LogP contribution is -2.28. The highest BCUT2D eigenvalue weighted by Crippen LogP contribution is 2.45. The molecule has 0 aliphatic heterocycles. The van der Waals surface area contributed by atoms with Gasteiger partial charge >= 0.3 is 0 Å². The van der Waals surface area contributed by atoms with E-state index in [1.54, 1.807) is 30.9 Å². The van der Waals surface area contributed by atoms with Gasteiger partial charge < -0.3 is 19.2 Å². The van der Waals surface area contributed by atoms with E-state index < -0.39 is 0 Å². The van der Waals surface area contributed by atoms with Gasteiger partial charge in [0.15, 0.2) is 11.5 Å². The van der Waals surface area contributed by atoms with Gasteiger partial charge in [0, 0.05) is 16.1 Å². The molecule has 0 fully saturated rings. The lowest BCUT2D eigenvalue weighted by atomic mass is 9.72. The van der Waals surface area contributed by atoms with Gasteiger partial charge in [0.1, 0.15) is 17.4 Å². The number of ether oxygens (including phenoxy) is 2. The molecule has 1 amide bonds. The minimum atomic E-state index is -0.130. The van der Waals surface area contributed by atoms with Crippen molar-refractivity contribution in [2.75, 3.05) is 7.11 Å². The molecule has 2 aromatic heterocycles. The third kappa shape index (κ3) is 7.10. The molecule has 2 heterocycles. The Morgan fingerprint density at radius 2 is 2.02 bits per heavy atom. The first kappa shape index (κ1) is 30.4. The van der Waals surface area contributed by atoms with Gasteiger partial charge in [-0.1, -0.05) is 44.5 Å². The number of hydrogen-bond acceptors (Lipinski definition) is 6. The van der Waals surface area contributed by atoms with Gasteiger partial charge in [0.2, 0.25) is 0 Å². The number of amides is 1. The van der Waals surface area contributed by atoms with Crippen LogP contribution >= 0.6 is 38.9 Å². The number of methoxy groups -OCH3 is 1. The number of nitrogens with one attached hydrogen (secondary N) is 1. The van der Waals surface area contributed by atoms with Crippen LogP contribution in [0.1, 0.15) is 64.9 Å². The number of aliphatic imine (C=N–C) groups is 1. The quantitative estimate of drug-likeness (QED) is 0.180. The molecule has 9 heteroatoms. The Bertz CT molecular complexity index is 1570. The molecule has 4 aromatic rings. The fourth-order valence-corrected chi connectivity index (χ4v) is 7.10. The first-order chi connectivity index (χ1) is 20.1. The predicted molar refractivity (Wildman–Crippen MR) is 173 cm³/mol. The molecule has 6 nitrogen and oxygen atoms in total. The highest BCUT2D eigenvalue weighted by atomic mass is 79.9. The minimum absolute atomic E-state index is 0.130. The predicted octanol–water partition coefficient (Wildman–Crippen LogP) is 9.18. The van der Waals surface area contributed by atoms with Gasteiger partial charge in [-0.15, -0.1) is 11.3 Å². The van der Waals surface area contributed by atoms with Crippen molar-refractivity contribution in [2.24, 2.45) is 16.3 Å². The van der Waals surface area contributed by atoms with E-state index in [1.165, 1.54) is 4.88 Å². The number of nitrogens with zero attached hydrogens (tertiary/aromatic N) is 1. The third-order valence-corrected chi connectivity index (χ3v) is 9.58. The zero-order valence-electron chi connectivity index (χ0n) is 24.1. The van der Waals surface area contributed by atoms with Gasteiger partial charge in [-0.2, -0.15) is 0 Å². The van der Waals surface area contributed by atoms with E-state index >= 15 is 0 Å². The van der Waals surface area contributed by atoms with Crippen LogP contribution in [0.3, 0.4) is 0 Å². The average molecular weight is 670 g/mol. The van der Waals surface area contributed by atoms with Gasteiger partial charge in [0.05, 0.1) is 30.0 Å². The van der Waals surface area contributed by atoms with Crippen molar-refractivity contribution in [2.45, 2.75) is 53.2 Å². The van der Waals surface area contributed by atoms with E-state index in [-0.39, 0.29) is 11.3 Å². The van der Waals surface area contributed by atoms with Crippen molar-refractivity contribution in [3.63, 3.8) is 0 Å². The Balaban J connectivity index is 1.41. The number of rotatable bonds is 9. The topological polar surface area (TPSA) is 73.1 Å². The summed E-state index contributed by atoms with van der Waals surface area (Å²) in [5.41, 5.74) is 3.80. The van der Waals surface area contributed by atoms with Crippen LogP contribution in [-0.2, 0) is 26.0 Å². The average Bonchev–Trinajstić information content (AvgIpc) is 3.61. The number of fused-ring (bicyclic) bond motifs is 1. The number of benzene rings is 2. The first-order valence-corrected chi connectivity index (χ1v) is 15.8. The summed E-state index contributed by atoms with van der Waals surface area (Å²) in [6, 6.07) is 15.0. The first-order valence-electron chi connectivity index (χ1n) is 13.9. The maximum absolute atomic E-state index is 13.5. The number of furan rings is 1. The fourth-order valence-electron chi connectivity index (χ4n) is 5.13. The lowest BCUT2D eigenvalue weighted by molar-refractivity contribution is 0.0947. The summed E-state index contributed by atoms with van der Waals surface area (Å²) in [5, 5.41) is 4.42. The summed E-state index contributed by atoms with van der Waals surface area (Å²) in [7, 11) is 1.61. The zero-order chi connectivity index (χ0) is 29.9. The molecule has 0 unspecified atom stereocenters. The monoisotopic (exact) mass is 668 g/mol. The van der Waals surface area contributed by atoms with E-state index in [4.69, 9.17) is 30.5 Å². The number of hydrogen-bond donors (Lipinski definition) is 1. The molecule has 1 N–H and O–H groups in total. The smallest absolute Gasteiger partial charge is 0.255 e. The third-order valence-electron chi connectivity index (χ3n) is 7.58. The van der Waals surface area contributed by atoms with Crippen LogP contribution < -0.4 is 14.8 Å². The van der Waals surface area contributed by atoms with Crippen LogP contribution in [0.4, 0.5) is 5.00 Å². The highest BCUT2D eigenvalue weighted by Gasteiger charge is 2.33. The SMILES string of the molecule is COc1cc(C=Nc2sc3c(c2C(=O)NCc2ccco2)CC[C@@H](C(C)(C)C)C3)cc(Br)c1OCc1ccc(Cl)cc1. The number of halogens is 2. The van der Waals surface area contributed by atoms with Crippen molar-refractivity contribution in [1.29, 1.82) is 0 Å². The largest absolute Gasteiger partial charge is 0.493 e. The highest BCUT2D eigenvalue weighted by molar-refractivity contribution is 9.10. The standard InChI is InChI=1S/C33H34BrClN2O4S/c1-33(2,3)22-9-12-25-28(16-22)42-32(29(25)31(38)36-18-24-6-5-13-40-24)37-17-21-14-26(34)30(27(15-21)39-4)41-19-20-7-10-23(35)11-8-20/h5-8,10-11,13-15,17,22H,9,12,16,18-19H2,1-4H3,(H,36,38)/t22-/m1/s1. The molecule has 1 atom stereocenters. The van der Waals surface area contributed by atoms with E-state index in [0.29, 0.717) is 51.9 Å². The maximum Gasteiger partial charge on any atom is 0.255 e. The van der Waals surface area contributed by atoms with E-state index in [9.17, 15) is 4.79 Å². The van der Waals surface area contributed by atoms with Crippen LogP contribution in [-0.4, -0.2) is 19.2 Å². The van der Waals surface area contributed by atoms with Crippen molar-refractivity contribution in [3.8, 4) is 11.5 Å². The van der Waals surface area contributed by atoms with E-state index in [2.05, 4.69) is 42.0 Å². The Hall–Kier alpha value is -3.07. The summed E-state index contributed by atoms with van der Waals surface area (Å²) in [5.74, 6) is 2.31. The second-order valence-electron chi connectivity index (χ2n) is 11.5. The van der Waals surface area contributed by atoms with Crippen LogP contribution in [0.2, 0.25) is 5.02 Å². The second kappa shape index (κ2) is 13.1. The molecule has 1 aliphatic carbocycles. The maximum atomic E-state index is 13.5. The summed E-state index contributed by atoms with van der Waals surface area (Å²) in [6.07, 6.45) is 6.26. The molecule has 0 bridgehead atoms. The second-order valence-corrected chi connectivity index (χ2v) is 13.8. The van der Waals surface area contributed by atoms with Gasteiger partial charge in [-0.25, -0.2) is 4.99 Å². The van der Waals surface area contributed by atoms with E-state index in [0.717, 1.165) is 40.4 Å². The molecule has 0 saturated heterocycles. The Kier molecular flexibility index (Phi) is 9.45. The Labute approximate surface area is 264 Å². The fraction of sp³-hybridized carbons (Fsp3) is 0.333.